The van der Waals surface area contributed by atoms with Gasteiger partial charge in [0.15, 0.2) is 0 Å². The normalized spacial score (nSPS) is 14.7. The van der Waals surface area contributed by atoms with Crippen molar-refractivity contribution in [2.75, 3.05) is 20.2 Å². The average molecular weight is 391 g/mol. The summed E-state index contributed by atoms with van der Waals surface area (Å²) >= 11 is 6.01. The third-order valence-corrected chi connectivity index (χ3v) is 4.85. The van der Waals surface area contributed by atoms with E-state index in [4.69, 9.17) is 16.3 Å². The number of hydrogen-bond acceptors (Lipinski definition) is 3. The van der Waals surface area contributed by atoms with Gasteiger partial charge in [0.2, 0.25) is 0 Å². The summed E-state index contributed by atoms with van der Waals surface area (Å²) in [6.07, 6.45) is 1.28. The zero-order chi connectivity index (χ0) is 19.4. The molecular formula is C20H20ClFN2O3. The van der Waals surface area contributed by atoms with Crippen LogP contribution in [0.4, 0.5) is 4.39 Å². The fourth-order valence-electron chi connectivity index (χ4n) is 3.11. The molecule has 0 bridgehead atoms. The number of likely N-dealkylation sites (tertiary alicyclic amines) is 1. The van der Waals surface area contributed by atoms with Crippen molar-refractivity contribution in [1.82, 2.24) is 10.2 Å². The van der Waals surface area contributed by atoms with E-state index in [2.05, 4.69) is 5.32 Å². The summed E-state index contributed by atoms with van der Waals surface area (Å²) < 4.78 is 18.2. The van der Waals surface area contributed by atoms with Crippen molar-refractivity contribution < 1.29 is 18.7 Å². The smallest absolute Gasteiger partial charge is 0.257 e. The number of amides is 2. The molecule has 0 atom stereocenters. The van der Waals surface area contributed by atoms with E-state index < -0.39 is 0 Å². The van der Waals surface area contributed by atoms with E-state index in [-0.39, 0.29) is 23.7 Å². The van der Waals surface area contributed by atoms with E-state index in [1.54, 1.807) is 23.1 Å². The zero-order valence-electron chi connectivity index (χ0n) is 14.9. The Labute approximate surface area is 162 Å². The van der Waals surface area contributed by atoms with Crippen LogP contribution in [-0.4, -0.2) is 43.0 Å². The SMILES string of the molecule is COc1ccc(Cl)cc1C(=O)N1CCC(NC(=O)c2ccc(F)cc2)CC1. The van der Waals surface area contributed by atoms with Gasteiger partial charge in [-0.15, -0.1) is 0 Å². The second-order valence-corrected chi connectivity index (χ2v) is 6.83. The Morgan fingerprint density at radius 3 is 2.44 bits per heavy atom. The summed E-state index contributed by atoms with van der Waals surface area (Å²) in [5.74, 6) is -0.278. The number of halogens is 2. The van der Waals surface area contributed by atoms with Crippen LogP contribution < -0.4 is 10.1 Å². The molecule has 0 radical (unpaired) electrons. The second-order valence-electron chi connectivity index (χ2n) is 6.39. The summed E-state index contributed by atoms with van der Waals surface area (Å²) in [5, 5.41) is 3.41. The predicted octanol–water partition coefficient (Wildman–Crippen LogP) is 3.52. The van der Waals surface area contributed by atoms with Crippen molar-refractivity contribution in [2.24, 2.45) is 0 Å². The van der Waals surface area contributed by atoms with Gasteiger partial charge in [-0.05, 0) is 55.3 Å². The Morgan fingerprint density at radius 1 is 1.15 bits per heavy atom. The van der Waals surface area contributed by atoms with E-state index in [1.807, 2.05) is 0 Å². The maximum absolute atomic E-state index is 13.0. The fourth-order valence-corrected chi connectivity index (χ4v) is 3.29. The quantitative estimate of drug-likeness (QED) is 0.868. The van der Waals surface area contributed by atoms with Gasteiger partial charge in [-0.25, -0.2) is 4.39 Å². The Hall–Kier alpha value is -2.60. The Morgan fingerprint density at radius 2 is 1.81 bits per heavy atom. The number of nitrogens with zero attached hydrogens (tertiary/aromatic N) is 1. The summed E-state index contributed by atoms with van der Waals surface area (Å²) in [6.45, 7) is 1.03. The maximum atomic E-state index is 13.0. The molecule has 1 aliphatic heterocycles. The minimum Gasteiger partial charge on any atom is -0.496 e. The van der Waals surface area contributed by atoms with Crippen LogP contribution in [0.3, 0.4) is 0 Å². The third kappa shape index (κ3) is 4.57. The number of ether oxygens (including phenoxy) is 1. The number of carbonyl (C=O) groups is 2. The standard InChI is InChI=1S/C20H20ClFN2O3/c1-27-18-7-4-14(21)12-17(18)20(26)24-10-8-16(9-11-24)23-19(25)13-2-5-15(22)6-3-13/h2-7,12,16H,8-11H2,1H3,(H,23,25). The first-order valence-corrected chi connectivity index (χ1v) is 9.05. The number of piperidine rings is 1. The van der Waals surface area contributed by atoms with Gasteiger partial charge in [0.05, 0.1) is 12.7 Å². The lowest BCUT2D eigenvalue weighted by Crippen LogP contribution is -2.46. The van der Waals surface area contributed by atoms with Crippen LogP contribution in [0.15, 0.2) is 42.5 Å². The molecule has 2 aromatic carbocycles. The molecule has 2 amide bonds. The lowest BCUT2D eigenvalue weighted by Gasteiger charge is -2.32. The second kappa shape index (κ2) is 8.39. The number of benzene rings is 2. The molecule has 7 heteroatoms. The van der Waals surface area contributed by atoms with E-state index in [0.29, 0.717) is 47.8 Å². The molecular weight excluding hydrogens is 371 g/mol. The average Bonchev–Trinajstić information content (AvgIpc) is 2.68. The first kappa shape index (κ1) is 19.2. The summed E-state index contributed by atoms with van der Waals surface area (Å²) in [7, 11) is 1.51. The number of carbonyl (C=O) groups excluding carboxylic acids is 2. The molecule has 2 aromatic rings. The molecule has 0 spiro atoms. The molecule has 0 aromatic heterocycles. The summed E-state index contributed by atoms with van der Waals surface area (Å²) in [4.78, 5) is 26.7. The van der Waals surface area contributed by atoms with Crippen LogP contribution in [0.25, 0.3) is 0 Å². The lowest BCUT2D eigenvalue weighted by molar-refractivity contribution is 0.0695. The molecule has 1 N–H and O–H groups in total. The minimum atomic E-state index is -0.380. The third-order valence-electron chi connectivity index (χ3n) is 4.62. The molecule has 5 nitrogen and oxygen atoms in total. The highest BCUT2D eigenvalue weighted by Crippen LogP contribution is 2.25. The largest absolute Gasteiger partial charge is 0.496 e. The predicted molar refractivity (Wildman–Crippen MR) is 101 cm³/mol. The van der Waals surface area contributed by atoms with E-state index in [1.165, 1.54) is 31.4 Å². The van der Waals surface area contributed by atoms with Crippen LogP contribution in [-0.2, 0) is 0 Å². The Kier molecular flexibility index (Phi) is 5.96. The van der Waals surface area contributed by atoms with E-state index in [9.17, 15) is 14.0 Å². The number of rotatable bonds is 4. The maximum Gasteiger partial charge on any atom is 0.257 e. The first-order valence-electron chi connectivity index (χ1n) is 8.67. The first-order chi connectivity index (χ1) is 13.0. The molecule has 27 heavy (non-hydrogen) atoms. The molecule has 142 valence electrons. The Bertz CT molecular complexity index is 834. The van der Waals surface area contributed by atoms with Gasteiger partial charge in [-0.3, -0.25) is 9.59 Å². The lowest BCUT2D eigenvalue weighted by atomic mass is 10.0. The van der Waals surface area contributed by atoms with Gasteiger partial charge in [-0.2, -0.15) is 0 Å². The van der Waals surface area contributed by atoms with Crippen LogP contribution in [0.1, 0.15) is 33.6 Å². The van der Waals surface area contributed by atoms with Crippen molar-refractivity contribution in [1.29, 1.82) is 0 Å². The molecule has 1 heterocycles. The summed E-state index contributed by atoms with van der Waals surface area (Å²) in [6, 6.07) is 10.3. The van der Waals surface area contributed by atoms with E-state index >= 15 is 0 Å². The highest BCUT2D eigenvalue weighted by Gasteiger charge is 2.26. The van der Waals surface area contributed by atoms with Crippen molar-refractivity contribution >= 4 is 23.4 Å². The van der Waals surface area contributed by atoms with Crippen LogP contribution in [0.2, 0.25) is 5.02 Å². The molecule has 0 saturated carbocycles. The van der Waals surface area contributed by atoms with E-state index in [0.717, 1.165) is 0 Å². The number of hydrogen-bond donors (Lipinski definition) is 1. The fraction of sp³-hybridized carbons (Fsp3) is 0.300. The Balaban J connectivity index is 1.58. The van der Waals surface area contributed by atoms with Crippen molar-refractivity contribution in [2.45, 2.75) is 18.9 Å². The monoisotopic (exact) mass is 390 g/mol. The van der Waals surface area contributed by atoms with Crippen molar-refractivity contribution in [3.8, 4) is 5.75 Å². The van der Waals surface area contributed by atoms with Gasteiger partial charge < -0.3 is 15.0 Å². The molecule has 0 aliphatic carbocycles. The highest BCUT2D eigenvalue weighted by molar-refractivity contribution is 6.31. The van der Waals surface area contributed by atoms with Gasteiger partial charge in [0.25, 0.3) is 11.8 Å². The number of methoxy groups -OCH3 is 1. The van der Waals surface area contributed by atoms with Gasteiger partial charge in [-0.1, -0.05) is 11.6 Å². The van der Waals surface area contributed by atoms with Gasteiger partial charge >= 0.3 is 0 Å². The zero-order valence-corrected chi connectivity index (χ0v) is 15.6. The van der Waals surface area contributed by atoms with Crippen LogP contribution >= 0.6 is 11.6 Å². The molecule has 1 fully saturated rings. The number of nitrogens with one attached hydrogen (secondary N) is 1. The molecule has 3 rings (SSSR count). The molecule has 1 saturated heterocycles. The minimum absolute atomic E-state index is 0.0344. The molecule has 0 unspecified atom stereocenters. The van der Waals surface area contributed by atoms with Gasteiger partial charge in [0, 0.05) is 29.7 Å². The highest BCUT2D eigenvalue weighted by atomic mass is 35.5. The summed E-state index contributed by atoms with van der Waals surface area (Å²) in [5.41, 5.74) is 0.845. The van der Waals surface area contributed by atoms with Crippen LogP contribution in [0, 0.1) is 5.82 Å². The van der Waals surface area contributed by atoms with Gasteiger partial charge in [0.1, 0.15) is 11.6 Å². The van der Waals surface area contributed by atoms with Crippen LogP contribution in [0.5, 0.6) is 5.75 Å². The van der Waals surface area contributed by atoms with Crippen molar-refractivity contribution in [3.63, 3.8) is 0 Å². The van der Waals surface area contributed by atoms with Crippen molar-refractivity contribution in [3.05, 3.63) is 64.4 Å². The topological polar surface area (TPSA) is 58.6 Å². The molecule has 1 aliphatic rings.